The van der Waals surface area contributed by atoms with Crippen LogP contribution in [0.15, 0.2) is 29.0 Å². The maximum absolute atomic E-state index is 13.6. The molecule has 0 unspecified atom stereocenters. The zero-order valence-corrected chi connectivity index (χ0v) is 15.6. The van der Waals surface area contributed by atoms with Crippen molar-refractivity contribution in [3.8, 4) is 11.5 Å². The monoisotopic (exact) mass is 401 g/mol. The summed E-state index contributed by atoms with van der Waals surface area (Å²) in [5, 5.41) is 4.59. The van der Waals surface area contributed by atoms with Crippen molar-refractivity contribution in [3.05, 3.63) is 52.5 Å². The number of aryl methyl sites for hydroxylation is 1. The number of carbonyl (C=O) groups excluding carboxylic acids is 1. The van der Waals surface area contributed by atoms with E-state index < -0.39 is 5.95 Å². The number of H-pyrrole nitrogens is 1. The lowest BCUT2D eigenvalue weighted by atomic mass is 9.90. The van der Waals surface area contributed by atoms with Crippen LogP contribution in [-0.4, -0.2) is 43.5 Å². The maximum Gasteiger partial charge on any atom is 0.254 e. The Hall–Kier alpha value is -2.74. The van der Waals surface area contributed by atoms with Crippen molar-refractivity contribution >= 4 is 17.5 Å². The molecular weight excluding hydrogens is 385 g/mol. The minimum Gasteiger partial charge on any atom is -0.357 e. The van der Waals surface area contributed by atoms with Crippen molar-refractivity contribution in [3.63, 3.8) is 0 Å². The van der Waals surface area contributed by atoms with Crippen LogP contribution in [0.1, 0.15) is 47.0 Å². The molecule has 1 amide bonds. The first-order valence-corrected chi connectivity index (χ1v) is 9.59. The number of aromatic amines is 1. The fourth-order valence-electron chi connectivity index (χ4n) is 4.12. The molecule has 5 rings (SSSR count). The molecule has 144 valence electrons. The van der Waals surface area contributed by atoms with Crippen LogP contribution >= 0.6 is 11.6 Å². The molecule has 9 heteroatoms. The Morgan fingerprint density at radius 1 is 1.29 bits per heavy atom. The molecule has 28 heavy (non-hydrogen) atoms. The van der Waals surface area contributed by atoms with Gasteiger partial charge in [-0.15, -0.1) is 0 Å². The van der Waals surface area contributed by atoms with Gasteiger partial charge in [-0.25, -0.2) is 4.98 Å². The topological polar surface area (TPSA) is 87.9 Å². The highest BCUT2D eigenvalue weighted by molar-refractivity contribution is 6.30. The number of carbonyl (C=O) groups is 1. The standard InChI is InChI=1S/C19H17ClFN5O2/c20-12-5-15(22-8-12)17-24-18(28-25-17)11-2-4-13-3-1-10-7-23-16(21)6-14(10)19(27)26(13)9-11/h5-8,11,13,22H,1-4,9H2/t11-,13+/m1/s1. The van der Waals surface area contributed by atoms with E-state index in [1.165, 1.54) is 12.3 Å². The van der Waals surface area contributed by atoms with Crippen LogP contribution in [0.3, 0.4) is 0 Å². The Morgan fingerprint density at radius 2 is 2.18 bits per heavy atom. The first-order valence-electron chi connectivity index (χ1n) is 9.22. The Balaban J connectivity index is 1.40. The number of halogens is 2. The average molecular weight is 402 g/mol. The van der Waals surface area contributed by atoms with Gasteiger partial charge in [0, 0.05) is 36.6 Å². The summed E-state index contributed by atoms with van der Waals surface area (Å²) < 4.78 is 19.1. The quantitative estimate of drug-likeness (QED) is 0.663. The van der Waals surface area contributed by atoms with Crippen molar-refractivity contribution in [2.24, 2.45) is 0 Å². The van der Waals surface area contributed by atoms with Crippen LogP contribution < -0.4 is 0 Å². The molecule has 0 bridgehead atoms. The summed E-state index contributed by atoms with van der Waals surface area (Å²) in [6.07, 6.45) is 6.38. The molecule has 2 atom stereocenters. The third kappa shape index (κ3) is 2.97. The number of pyridine rings is 1. The maximum atomic E-state index is 13.6. The number of hydrogen-bond donors (Lipinski definition) is 1. The van der Waals surface area contributed by atoms with E-state index in [4.69, 9.17) is 16.1 Å². The van der Waals surface area contributed by atoms with Crippen LogP contribution in [0, 0.1) is 5.95 Å². The van der Waals surface area contributed by atoms with Crippen LogP contribution in [0.4, 0.5) is 4.39 Å². The minimum absolute atomic E-state index is 0.0554. The fraction of sp³-hybridized carbons (Fsp3) is 0.368. The van der Waals surface area contributed by atoms with Crippen molar-refractivity contribution in [2.45, 2.75) is 37.6 Å². The molecular formula is C19H17ClFN5O2. The summed E-state index contributed by atoms with van der Waals surface area (Å²) in [4.78, 5) is 26.1. The predicted molar refractivity (Wildman–Crippen MR) is 98.4 cm³/mol. The summed E-state index contributed by atoms with van der Waals surface area (Å²) in [6.45, 7) is 0.472. The van der Waals surface area contributed by atoms with Gasteiger partial charge >= 0.3 is 0 Å². The van der Waals surface area contributed by atoms with Crippen molar-refractivity contribution in [2.75, 3.05) is 6.54 Å². The second-order valence-electron chi connectivity index (χ2n) is 7.28. The number of nitrogens with zero attached hydrogens (tertiary/aromatic N) is 4. The third-order valence-electron chi connectivity index (χ3n) is 5.58. The number of hydrogen-bond acceptors (Lipinski definition) is 5. The van der Waals surface area contributed by atoms with Crippen LogP contribution in [0.2, 0.25) is 5.02 Å². The lowest BCUT2D eigenvalue weighted by Crippen LogP contribution is -2.45. The molecule has 7 nitrogen and oxygen atoms in total. The van der Waals surface area contributed by atoms with E-state index in [1.807, 2.05) is 4.90 Å². The molecule has 0 spiro atoms. The van der Waals surface area contributed by atoms with Gasteiger partial charge in [0.2, 0.25) is 17.7 Å². The molecule has 0 saturated carbocycles. The molecule has 3 aromatic heterocycles. The average Bonchev–Trinajstić information content (AvgIpc) is 3.32. The van der Waals surface area contributed by atoms with Gasteiger partial charge in [0.15, 0.2) is 0 Å². The van der Waals surface area contributed by atoms with Crippen LogP contribution in [0.5, 0.6) is 0 Å². The van der Waals surface area contributed by atoms with Crippen molar-refractivity contribution in [1.82, 2.24) is 25.0 Å². The van der Waals surface area contributed by atoms with E-state index in [1.54, 1.807) is 12.3 Å². The zero-order valence-electron chi connectivity index (χ0n) is 14.9. The van der Waals surface area contributed by atoms with Gasteiger partial charge in [-0.2, -0.15) is 9.37 Å². The molecule has 1 saturated heterocycles. The van der Waals surface area contributed by atoms with Gasteiger partial charge < -0.3 is 14.4 Å². The summed E-state index contributed by atoms with van der Waals surface area (Å²) in [7, 11) is 0. The third-order valence-corrected chi connectivity index (χ3v) is 5.80. The smallest absolute Gasteiger partial charge is 0.254 e. The molecule has 1 fully saturated rings. The highest BCUT2D eigenvalue weighted by Crippen LogP contribution is 2.35. The van der Waals surface area contributed by atoms with Crippen LogP contribution in [0.25, 0.3) is 11.5 Å². The molecule has 0 aliphatic carbocycles. The molecule has 2 aliphatic rings. The predicted octanol–water partition coefficient (Wildman–Crippen LogP) is 3.59. The normalized spacial score (nSPS) is 21.9. The molecule has 0 aromatic carbocycles. The lowest BCUT2D eigenvalue weighted by Gasteiger charge is -2.37. The second-order valence-corrected chi connectivity index (χ2v) is 7.71. The summed E-state index contributed by atoms with van der Waals surface area (Å²) in [5.74, 6) is 0.0897. The molecule has 2 aliphatic heterocycles. The van der Waals surface area contributed by atoms with E-state index in [-0.39, 0.29) is 17.9 Å². The van der Waals surface area contributed by atoms with E-state index in [2.05, 4.69) is 20.1 Å². The van der Waals surface area contributed by atoms with Crippen molar-refractivity contribution in [1.29, 1.82) is 0 Å². The highest BCUT2D eigenvalue weighted by atomic mass is 35.5. The van der Waals surface area contributed by atoms with E-state index in [0.29, 0.717) is 34.5 Å². The molecule has 5 heterocycles. The number of amides is 1. The van der Waals surface area contributed by atoms with Gasteiger partial charge in [0.1, 0.15) is 0 Å². The number of nitrogens with one attached hydrogen (secondary N) is 1. The number of fused-ring (bicyclic) bond motifs is 2. The first kappa shape index (κ1) is 17.4. The van der Waals surface area contributed by atoms with Crippen molar-refractivity contribution < 1.29 is 13.7 Å². The minimum atomic E-state index is -0.634. The van der Waals surface area contributed by atoms with Gasteiger partial charge in [0.25, 0.3) is 5.91 Å². The second kappa shape index (κ2) is 6.70. The van der Waals surface area contributed by atoms with Crippen LogP contribution in [-0.2, 0) is 6.42 Å². The Morgan fingerprint density at radius 3 is 3.00 bits per heavy atom. The van der Waals surface area contributed by atoms with E-state index >= 15 is 0 Å². The Labute approximate surface area is 164 Å². The summed E-state index contributed by atoms with van der Waals surface area (Å²) >= 11 is 5.93. The number of rotatable bonds is 2. The Kier molecular flexibility index (Phi) is 4.16. The van der Waals surface area contributed by atoms with E-state index in [0.717, 1.165) is 31.2 Å². The number of aromatic nitrogens is 4. The van der Waals surface area contributed by atoms with Gasteiger partial charge in [-0.3, -0.25) is 4.79 Å². The summed E-state index contributed by atoms with van der Waals surface area (Å²) in [6, 6.07) is 3.10. The van der Waals surface area contributed by atoms with Gasteiger partial charge in [-0.1, -0.05) is 16.8 Å². The SMILES string of the molecule is O=C1c2cc(F)ncc2CC[C@H]2CC[C@@H](c3nc(-c4cc(Cl)c[nH]4)no3)CN12. The number of piperidine rings is 1. The first-order chi connectivity index (χ1) is 13.6. The lowest BCUT2D eigenvalue weighted by molar-refractivity contribution is 0.0569. The fourth-order valence-corrected chi connectivity index (χ4v) is 4.28. The zero-order chi connectivity index (χ0) is 19.3. The van der Waals surface area contributed by atoms with E-state index in [9.17, 15) is 9.18 Å². The van der Waals surface area contributed by atoms with Gasteiger partial charge in [-0.05, 0) is 37.3 Å². The largest absolute Gasteiger partial charge is 0.357 e. The Bertz CT molecular complexity index is 1050. The molecule has 0 radical (unpaired) electrons. The summed E-state index contributed by atoms with van der Waals surface area (Å²) in [5.41, 5.74) is 1.89. The highest BCUT2D eigenvalue weighted by Gasteiger charge is 2.37. The molecule has 1 N–H and O–H groups in total. The molecule has 3 aromatic rings. The van der Waals surface area contributed by atoms with Gasteiger partial charge in [0.05, 0.1) is 16.6 Å².